The molecular weight excluding hydrogens is 379 g/mol. The Kier molecular flexibility index (Phi) is 5.09. The van der Waals surface area contributed by atoms with Gasteiger partial charge in [-0.3, -0.25) is 0 Å². The number of nitrogens with zero attached hydrogens (tertiary/aromatic N) is 2. The Morgan fingerprint density at radius 3 is 2.19 bits per heavy atom. The zero-order valence-corrected chi connectivity index (χ0v) is 14.9. The molecule has 0 aliphatic carbocycles. The van der Waals surface area contributed by atoms with Gasteiger partial charge in [0, 0.05) is 11.4 Å². The fourth-order valence-corrected chi connectivity index (χ4v) is 2.64. The predicted molar refractivity (Wildman–Crippen MR) is 101 cm³/mol. The van der Waals surface area contributed by atoms with Gasteiger partial charge >= 0.3 is 6.18 Å². The SMILES string of the molecule is Cc1cccc(Nc2ncnc(Nc3ccc(Cl)c(C(F)(F)F)c3)c2N)c1. The van der Waals surface area contributed by atoms with E-state index in [0.717, 1.165) is 23.4 Å². The molecule has 1 heterocycles. The summed E-state index contributed by atoms with van der Waals surface area (Å²) in [5, 5.41) is 5.46. The van der Waals surface area contributed by atoms with Crippen LogP contribution in [0.1, 0.15) is 11.1 Å². The third-order valence-corrected chi connectivity index (χ3v) is 4.03. The molecule has 0 aliphatic rings. The lowest BCUT2D eigenvalue weighted by Crippen LogP contribution is -2.08. The summed E-state index contributed by atoms with van der Waals surface area (Å²) in [6, 6.07) is 11.0. The van der Waals surface area contributed by atoms with Crippen LogP contribution in [0.25, 0.3) is 0 Å². The van der Waals surface area contributed by atoms with E-state index < -0.39 is 11.7 Å². The Bertz CT molecular complexity index is 975. The quantitative estimate of drug-likeness (QED) is 0.543. The van der Waals surface area contributed by atoms with Crippen molar-refractivity contribution in [1.82, 2.24) is 9.97 Å². The molecular formula is C18H15ClF3N5. The van der Waals surface area contributed by atoms with Gasteiger partial charge in [-0.05, 0) is 42.8 Å². The van der Waals surface area contributed by atoms with E-state index in [9.17, 15) is 13.2 Å². The Morgan fingerprint density at radius 1 is 0.963 bits per heavy atom. The molecule has 3 aromatic rings. The number of anilines is 5. The van der Waals surface area contributed by atoms with Gasteiger partial charge < -0.3 is 16.4 Å². The first kappa shape index (κ1) is 18.8. The van der Waals surface area contributed by atoms with Crippen LogP contribution >= 0.6 is 11.6 Å². The first-order chi connectivity index (χ1) is 12.7. The lowest BCUT2D eigenvalue weighted by molar-refractivity contribution is -0.137. The lowest BCUT2D eigenvalue weighted by Gasteiger charge is -2.14. The second kappa shape index (κ2) is 7.32. The topological polar surface area (TPSA) is 75.9 Å². The van der Waals surface area contributed by atoms with Crippen molar-refractivity contribution in [2.24, 2.45) is 0 Å². The number of alkyl halides is 3. The third kappa shape index (κ3) is 4.40. The van der Waals surface area contributed by atoms with Gasteiger partial charge in [-0.25, -0.2) is 9.97 Å². The maximum absolute atomic E-state index is 13.0. The molecule has 27 heavy (non-hydrogen) atoms. The van der Waals surface area contributed by atoms with Gasteiger partial charge in [-0.15, -0.1) is 0 Å². The smallest absolute Gasteiger partial charge is 0.393 e. The van der Waals surface area contributed by atoms with Crippen molar-refractivity contribution in [2.75, 3.05) is 16.4 Å². The third-order valence-electron chi connectivity index (χ3n) is 3.70. The number of aromatic nitrogens is 2. The average Bonchev–Trinajstić information content (AvgIpc) is 2.59. The second-order valence-corrected chi connectivity index (χ2v) is 6.20. The minimum absolute atomic E-state index is 0.152. The summed E-state index contributed by atoms with van der Waals surface area (Å²) in [5.74, 6) is 0.513. The van der Waals surface area contributed by atoms with Crippen molar-refractivity contribution in [1.29, 1.82) is 0 Å². The van der Waals surface area contributed by atoms with E-state index in [4.69, 9.17) is 17.3 Å². The number of hydrogen-bond acceptors (Lipinski definition) is 5. The molecule has 0 radical (unpaired) electrons. The molecule has 0 aliphatic heterocycles. The number of hydrogen-bond donors (Lipinski definition) is 3. The van der Waals surface area contributed by atoms with Crippen LogP contribution in [-0.4, -0.2) is 9.97 Å². The highest BCUT2D eigenvalue weighted by molar-refractivity contribution is 6.31. The summed E-state index contributed by atoms with van der Waals surface area (Å²) in [7, 11) is 0. The van der Waals surface area contributed by atoms with E-state index in [0.29, 0.717) is 5.82 Å². The van der Waals surface area contributed by atoms with Gasteiger partial charge in [0.1, 0.15) is 12.0 Å². The Hall–Kier alpha value is -3.00. The largest absolute Gasteiger partial charge is 0.417 e. The number of benzene rings is 2. The molecule has 0 saturated carbocycles. The second-order valence-electron chi connectivity index (χ2n) is 5.80. The van der Waals surface area contributed by atoms with Crippen LogP contribution in [0, 0.1) is 6.92 Å². The van der Waals surface area contributed by atoms with Gasteiger partial charge in [0.05, 0.1) is 10.6 Å². The Balaban J connectivity index is 1.88. The van der Waals surface area contributed by atoms with Gasteiger partial charge in [0.15, 0.2) is 11.6 Å². The molecule has 5 nitrogen and oxygen atoms in total. The molecule has 1 aromatic heterocycles. The van der Waals surface area contributed by atoms with Crippen molar-refractivity contribution in [2.45, 2.75) is 13.1 Å². The van der Waals surface area contributed by atoms with Crippen LogP contribution in [0.3, 0.4) is 0 Å². The van der Waals surface area contributed by atoms with E-state index in [1.165, 1.54) is 12.4 Å². The van der Waals surface area contributed by atoms with E-state index in [2.05, 4.69) is 20.6 Å². The first-order valence-corrected chi connectivity index (χ1v) is 8.20. The molecule has 2 aromatic carbocycles. The number of nitrogen functional groups attached to an aromatic ring is 1. The molecule has 0 unspecified atom stereocenters. The van der Waals surface area contributed by atoms with E-state index in [-0.39, 0.29) is 22.2 Å². The van der Waals surface area contributed by atoms with Crippen molar-refractivity contribution >= 4 is 40.3 Å². The molecule has 0 bridgehead atoms. The normalized spacial score (nSPS) is 11.3. The number of rotatable bonds is 4. The molecule has 0 saturated heterocycles. The van der Waals surface area contributed by atoms with E-state index in [1.54, 1.807) is 0 Å². The summed E-state index contributed by atoms with van der Waals surface area (Å²) < 4.78 is 39.0. The van der Waals surface area contributed by atoms with Crippen LogP contribution in [-0.2, 0) is 6.18 Å². The number of nitrogens with two attached hydrogens (primary N) is 1. The Morgan fingerprint density at radius 2 is 1.59 bits per heavy atom. The van der Waals surface area contributed by atoms with Crippen molar-refractivity contribution in [3.05, 3.63) is 64.9 Å². The molecule has 9 heteroatoms. The highest BCUT2D eigenvalue weighted by atomic mass is 35.5. The molecule has 4 N–H and O–H groups in total. The number of aryl methyl sites for hydroxylation is 1. The highest BCUT2D eigenvalue weighted by Gasteiger charge is 2.33. The first-order valence-electron chi connectivity index (χ1n) is 7.82. The van der Waals surface area contributed by atoms with Gasteiger partial charge in [-0.2, -0.15) is 13.2 Å². The maximum Gasteiger partial charge on any atom is 0.417 e. The molecule has 0 amide bonds. The molecule has 140 valence electrons. The monoisotopic (exact) mass is 393 g/mol. The fraction of sp³-hybridized carbons (Fsp3) is 0.111. The summed E-state index contributed by atoms with van der Waals surface area (Å²) >= 11 is 5.64. The predicted octanol–water partition coefficient (Wildman–Crippen LogP) is 5.53. The van der Waals surface area contributed by atoms with Crippen LogP contribution in [0.15, 0.2) is 48.8 Å². The van der Waals surface area contributed by atoms with E-state index in [1.807, 2.05) is 31.2 Å². The highest BCUT2D eigenvalue weighted by Crippen LogP contribution is 2.37. The van der Waals surface area contributed by atoms with Crippen LogP contribution in [0.5, 0.6) is 0 Å². The minimum Gasteiger partial charge on any atom is -0.393 e. The van der Waals surface area contributed by atoms with Crippen molar-refractivity contribution in [3.63, 3.8) is 0 Å². The summed E-state index contributed by atoms with van der Waals surface area (Å²) in [6.07, 6.45) is -3.30. The van der Waals surface area contributed by atoms with Crippen molar-refractivity contribution in [3.8, 4) is 0 Å². The van der Waals surface area contributed by atoms with Crippen LogP contribution < -0.4 is 16.4 Å². The van der Waals surface area contributed by atoms with Crippen molar-refractivity contribution < 1.29 is 13.2 Å². The molecule has 3 rings (SSSR count). The lowest BCUT2D eigenvalue weighted by atomic mass is 10.2. The van der Waals surface area contributed by atoms with Crippen LogP contribution in [0.2, 0.25) is 5.02 Å². The standard InChI is InChI=1S/C18H15ClF3N5/c1-10-3-2-4-11(7-10)26-16-15(23)17(25-9-24-16)27-12-5-6-14(19)13(8-12)18(20,21)22/h2-9H,23H2,1H3,(H2,24,25,26,27). The Labute approximate surface area is 158 Å². The summed E-state index contributed by atoms with van der Waals surface area (Å²) in [5.41, 5.74) is 7.27. The number of nitrogens with one attached hydrogen (secondary N) is 2. The van der Waals surface area contributed by atoms with Gasteiger partial charge in [0.25, 0.3) is 0 Å². The zero-order chi connectivity index (χ0) is 19.6. The number of halogens is 4. The van der Waals surface area contributed by atoms with Crippen LogP contribution in [0.4, 0.5) is 41.9 Å². The van der Waals surface area contributed by atoms with Gasteiger partial charge in [0.2, 0.25) is 0 Å². The van der Waals surface area contributed by atoms with E-state index >= 15 is 0 Å². The average molecular weight is 394 g/mol. The molecule has 0 spiro atoms. The molecule has 0 atom stereocenters. The van der Waals surface area contributed by atoms with Gasteiger partial charge in [-0.1, -0.05) is 23.7 Å². The summed E-state index contributed by atoms with van der Waals surface area (Å²) in [4.78, 5) is 8.09. The summed E-state index contributed by atoms with van der Waals surface area (Å²) in [6.45, 7) is 1.94. The zero-order valence-electron chi connectivity index (χ0n) is 14.1. The maximum atomic E-state index is 13.0. The fourth-order valence-electron chi connectivity index (χ4n) is 2.41. The minimum atomic E-state index is -4.57. The molecule has 0 fully saturated rings.